The molecule has 160 valence electrons. The van der Waals surface area contributed by atoms with Crippen LogP contribution in [-0.2, 0) is 16.1 Å². The van der Waals surface area contributed by atoms with E-state index in [9.17, 15) is 4.79 Å². The Morgan fingerprint density at radius 2 is 2.00 bits per heavy atom. The van der Waals surface area contributed by atoms with Gasteiger partial charge in [0.2, 0.25) is 0 Å². The molecule has 0 aromatic heterocycles. The van der Waals surface area contributed by atoms with Gasteiger partial charge in [-0.25, -0.2) is 4.79 Å². The number of hydrogen-bond donors (Lipinski definition) is 0. The molecule has 2 aromatic carbocycles. The molecule has 3 rings (SSSR count). The maximum atomic E-state index is 12.7. The summed E-state index contributed by atoms with van der Waals surface area (Å²) in [5, 5.41) is 5.99. The number of ether oxygens (including phenoxy) is 2. The van der Waals surface area contributed by atoms with Crippen molar-refractivity contribution in [3.05, 3.63) is 58.5 Å². The van der Waals surface area contributed by atoms with Crippen LogP contribution in [0.5, 0.6) is 0 Å². The van der Waals surface area contributed by atoms with Gasteiger partial charge in [0.15, 0.2) is 0 Å². The molecule has 0 unspecified atom stereocenters. The fourth-order valence-corrected chi connectivity index (χ4v) is 3.80. The van der Waals surface area contributed by atoms with E-state index in [0.717, 1.165) is 24.8 Å². The van der Waals surface area contributed by atoms with Gasteiger partial charge in [-0.3, -0.25) is 0 Å². The largest absolute Gasteiger partial charge is 0.444 e. The second-order valence-electron chi connectivity index (χ2n) is 8.73. The minimum absolute atomic E-state index is 0.0235. The number of hydrogen-bond acceptors (Lipinski definition) is 4. The van der Waals surface area contributed by atoms with Crippen molar-refractivity contribution in [3.63, 3.8) is 0 Å². The van der Waals surface area contributed by atoms with Gasteiger partial charge in [0.25, 0.3) is 0 Å². The molecule has 0 spiro atoms. The quantitative estimate of drug-likeness (QED) is 0.249. The number of fused-ring (bicyclic) bond motifs is 1. The molecule has 1 amide bonds. The highest BCUT2D eigenvalue weighted by atomic mass is 16.6. The number of rotatable bonds is 7. The van der Waals surface area contributed by atoms with Crippen molar-refractivity contribution in [2.24, 2.45) is 5.11 Å². The number of amides is 1. The fraction of sp³-hybridized carbons (Fsp3) is 0.522. The summed E-state index contributed by atoms with van der Waals surface area (Å²) in [6.45, 7) is 7.04. The van der Waals surface area contributed by atoms with Crippen LogP contribution >= 0.6 is 0 Å². The van der Waals surface area contributed by atoms with Crippen LogP contribution in [0, 0.1) is 0 Å². The van der Waals surface area contributed by atoms with Crippen molar-refractivity contribution in [1.82, 2.24) is 4.90 Å². The van der Waals surface area contributed by atoms with Crippen molar-refractivity contribution in [3.8, 4) is 0 Å². The Morgan fingerprint density at radius 1 is 1.23 bits per heavy atom. The molecule has 1 aliphatic heterocycles. The molecule has 0 saturated carbocycles. The zero-order valence-electron chi connectivity index (χ0n) is 18.0. The van der Waals surface area contributed by atoms with Crippen molar-refractivity contribution in [2.75, 3.05) is 13.1 Å². The summed E-state index contributed by atoms with van der Waals surface area (Å²) < 4.78 is 11.8. The van der Waals surface area contributed by atoms with E-state index in [0.29, 0.717) is 19.7 Å². The molecular weight excluding hydrogens is 380 g/mol. The zero-order chi connectivity index (χ0) is 21.6. The maximum absolute atomic E-state index is 12.7. The SMILES string of the molecule is CC(C)(C)OC(=O)N1C[C@@H](OCc2ccc3ccccc3c2)C[C@H]1CCCN=[N+]=[N-]. The van der Waals surface area contributed by atoms with Gasteiger partial charge in [-0.1, -0.05) is 41.5 Å². The monoisotopic (exact) mass is 410 g/mol. The van der Waals surface area contributed by atoms with E-state index in [1.54, 1.807) is 4.90 Å². The van der Waals surface area contributed by atoms with E-state index in [4.69, 9.17) is 15.0 Å². The van der Waals surface area contributed by atoms with Gasteiger partial charge in [-0.05, 0) is 68.0 Å². The van der Waals surface area contributed by atoms with E-state index in [1.807, 2.05) is 32.9 Å². The third-order valence-corrected chi connectivity index (χ3v) is 5.16. The molecule has 2 atom stereocenters. The Kier molecular flexibility index (Phi) is 7.19. The number of carbonyl (C=O) groups excluding carboxylic acids is 1. The van der Waals surface area contributed by atoms with Crippen LogP contribution in [0.25, 0.3) is 21.2 Å². The predicted octanol–water partition coefficient (Wildman–Crippen LogP) is 5.82. The van der Waals surface area contributed by atoms with E-state index in [2.05, 4.69) is 40.4 Å². The predicted molar refractivity (Wildman–Crippen MR) is 117 cm³/mol. The normalized spacial score (nSPS) is 19.0. The lowest BCUT2D eigenvalue weighted by molar-refractivity contribution is 0.0146. The molecule has 0 aliphatic carbocycles. The van der Waals surface area contributed by atoms with Crippen LogP contribution in [0.2, 0.25) is 0 Å². The summed E-state index contributed by atoms with van der Waals surface area (Å²) in [6, 6.07) is 14.6. The molecule has 0 N–H and O–H groups in total. The van der Waals surface area contributed by atoms with Gasteiger partial charge in [0.1, 0.15) is 5.60 Å². The summed E-state index contributed by atoms with van der Waals surface area (Å²) >= 11 is 0. The summed E-state index contributed by atoms with van der Waals surface area (Å²) in [6.07, 6.45) is 1.88. The molecule has 7 nitrogen and oxygen atoms in total. The second-order valence-corrected chi connectivity index (χ2v) is 8.73. The summed E-state index contributed by atoms with van der Waals surface area (Å²) in [5.74, 6) is 0. The topological polar surface area (TPSA) is 87.5 Å². The average molecular weight is 411 g/mol. The number of carbonyl (C=O) groups is 1. The Morgan fingerprint density at radius 3 is 2.73 bits per heavy atom. The second kappa shape index (κ2) is 9.83. The van der Waals surface area contributed by atoms with Gasteiger partial charge in [-0.15, -0.1) is 0 Å². The van der Waals surface area contributed by atoms with Gasteiger partial charge in [0, 0.05) is 17.5 Å². The van der Waals surface area contributed by atoms with E-state index in [-0.39, 0.29) is 18.2 Å². The Labute approximate surface area is 177 Å². The summed E-state index contributed by atoms with van der Waals surface area (Å²) in [5.41, 5.74) is 9.04. The van der Waals surface area contributed by atoms with E-state index < -0.39 is 5.60 Å². The van der Waals surface area contributed by atoms with Gasteiger partial charge in [-0.2, -0.15) is 0 Å². The number of likely N-dealkylation sites (tertiary alicyclic amines) is 1. The lowest BCUT2D eigenvalue weighted by Gasteiger charge is -2.28. The molecule has 7 heteroatoms. The van der Waals surface area contributed by atoms with Crippen LogP contribution in [0.15, 0.2) is 47.6 Å². The van der Waals surface area contributed by atoms with Crippen molar-refractivity contribution >= 4 is 16.9 Å². The minimum Gasteiger partial charge on any atom is -0.444 e. The van der Waals surface area contributed by atoms with Crippen LogP contribution in [0.4, 0.5) is 4.79 Å². The number of nitrogens with zero attached hydrogens (tertiary/aromatic N) is 4. The molecule has 1 aliphatic rings. The van der Waals surface area contributed by atoms with Crippen molar-refractivity contribution in [1.29, 1.82) is 0 Å². The molecule has 0 radical (unpaired) electrons. The summed E-state index contributed by atoms with van der Waals surface area (Å²) in [4.78, 5) is 17.3. The minimum atomic E-state index is -0.545. The van der Waals surface area contributed by atoms with Crippen molar-refractivity contribution < 1.29 is 14.3 Å². The number of benzene rings is 2. The standard InChI is InChI=1S/C23H30N4O3/c1-23(2,3)30-22(28)27-15-21(14-20(27)9-6-12-25-26-24)29-16-17-10-11-18-7-4-5-8-19(18)13-17/h4-5,7-8,10-11,13,20-21H,6,9,12,14-16H2,1-3H3/t20-,21+/m1/s1. The molecule has 1 heterocycles. The lowest BCUT2D eigenvalue weighted by Crippen LogP contribution is -2.40. The van der Waals surface area contributed by atoms with Crippen LogP contribution < -0.4 is 0 Å². The maximum Gasteiger partial charge on any atom is 0.410 e. The number of azide groups is 1. The van der Waals surface area contributed by atoms with E-state index in [1.165, 1.54) is 10.8 Å². The van der Waals surface area contributed by atoms with E-state index >= 15 is 0 Å². The third-order valence-electron chi connectivity index (χ3n) is 5.16. The highest BCUT2D eigenvalue weighted by molar-refractivity contribution is 5.82. The van der Waals surface area contributed by atoms with Crippen LogP contribution in [0.1, 0.15) is 45.6 Å². The van der Waals surface area contributed by atoms with Gasteiger partial charge >= 0.3 is 6.09 Å². The first kappa shape index (κ1) is 21.9. The first-order valence-electron chi connectivity index (χ1n) is 10.5. The first-order valence-corrected chi connectivity index (χ1v) is 10.5. The third kappa shape index (κ3) is 6.12. The molecular formula is C23H30N4O3. The molecule has 2 aromatic rings. The molecule has 1 saturated heterocycles. The Bertz CT molecular complexity index is 918. The molecule has 30 heavy (non-hydrogen) atoms. The highest BCUT2D eigenvalue weighted by Crippen LogP contribution is 2.27. The van der Waals surface area contributed by atoms with Crippen LogP contribution in [-0.4, -0.2) is 41.8 Å². The molecule has 0 bridgehead atoms. The lowest BCUT2D eigenvalue weighted by atomic mass is 10.1. The summed E-state index contributed by atoms with van der Waals surface area (Å²) in [7, 11) is 0. The Balaban J connectivity index is 1.62. The highest BCUT2D eigenvalue weighted by Gasteiger charge is 2.37. The average Bonchev–Trinajstić information content (AvgIpc) is 3.11. The first-order chi connectivity index (χ1) is 14.4. The van der Waals surface area contributed by atoms with Crippen LogP contribution in [0.3, 0.4) is 0 Å². The van der Waals surface area contributed by atoms with Crippen molar-refractivity contribution in [2.45, 2.75) is 64.4 Å². The zero-order valence-corrected chi connectivity index (χ0v) is 18.0. The smallest absolute Gasteiger partial charge is 0.410 e. The Hall–Kier alpha value is -2.76. The van der Waals surface area contributed by atoms with Gasteiger partial charge < -0.3 is 14.4 Å². The fourth-order valence-electron chi connectivity index (χ4n) is 3.80. The van der Waals surface area contributed by atoms with Gasteiger partial charge in [0.05, 0.1) is 19.3 Å². The molecule has 1 fully saturated rings.